The molecule has 1 aromatic rings. The van der Waals surface area contributed by atoms with E-state index in [0.717, 1.165) is 12.5 Å². The van der Waals surface area contributed by atoms with E-state index in [0.29, 0.717) is 19.1 Å². The highest BCUT2D eigenvalue weighted by atomic mass is 16.3. The van der Waals surface area contributed by atoms with Crippen LogP contribution in [0, 0.1) is 0 Å². The van der Waals surface area contributed by atoms with Gasteiger partial charge >= 0.3 is 0 Å². The van der Waals surface area contributed by atoms with Crippen molar-refractivity contribution in [2.45, 2.75) is 45.1 Å². The van der Waals surface area contributed by atoms with Crippen LogP contribution in [0.3, 0.4) is 0 Å². The molecule has 1 aliphatic rings. The molecule has 0 aromatic heterocycles. The molecule has 1 fully saturated rings. The van der Waals surface area contributed by atoms with E-state index in [1.54, 1.807) is 18.2 Å². The Morgan fingerprint density at radius 1 is 1.21 bits per heavy atom. The fourth-order valence-electron chi connectivity index (χ4n) is 2.86. The van der Waals surface area contributed by atoms with Gasteiger partial charge in [0.1, 0.15) is 5.75 Å². The number of nitrogens with zero attached hydrogens (tertiary/aromatic N) is 1. The Balaban J connectivity index is 1.79. The van der Waals surface area contributed by atoms with Crippen molar-refractivity contribution in [3.05, 3.63) is 29.8 Å². The number of rotatable bonds is 6. The Bertz CT molecular complexity index is 554. The average molecular weight is 332 g/mol. The summed E-state index contributed by atoms with van der Waals surface area (Å²) < 4.78 is 0. The minimum atomic E-state index is -0.284. The number of para-hydroxylation sites is 1. The van der Waals surface area contributed by atoms with Gasteiger partial charge in [-0.05, 0) is 31.9 Å². The fourth-order valence-corrected chi connectivity index (χ4v) is 2.86. The molecule has 1 aromatic carbocycles. The Kier molecular flexibility index (Phi) is 7.39. The van der Waals surface area contributed by atoms with Crippen LogP contribution in [0.5, 0.6) is 5.75 Å². The largest absolute Gasteiger partial charge is 0.507 e. The molecule has 0 saturated heterocycles. The Morgan fingerprint density at radius 3 is 2.67 bits per heavy atom. The van der Waals surface area contributed by atoms with E-state index in [4.69, 9.17) is 0 Å². The fraction of sp³-hybridized carbons (Fsp3) is 0.556. The summed E-state index contributed by atoms with van der Waals surface area (Å²) in [6.45, 7) is 3.76. The van der Waals surface area contributed by atoms with Crippen molar-refractivity contribution in [2.75, 3.05) is 19.6 Å². The predicted molar refractivity (Wildman–Crippen MR) is 96.4 cm³/mol. The first-order chi connectivity index (χ1) is 11.7. The standard InChI is InChI=1S/C18H28N4O2/c1-2-19-18(22-14-8-4-3-5-9-14)21-13-12-20-17(24)15-10-6-7-11-16(15)23/h6-7,10-11,14,23H,2-5,8-9,12-13H2,1H3,(H,20,24)(H2,19,21,22). The Labute approximate surface area is 143 Å². The van der Waals surface area contributed by atoms with Crippen molar-refractivity contribution in [3.8, 4) is 5.75 Å². The summed E-state index contributed by atoms with van der Waals surface area (Å²) in [5, 5.41) is 19.2. The molecule has 1 saturated carbocycles. The molecule has 0 bridgehead atoms. The van der Waals surface area contributed by atoms with Crippen LogP contribution in [-0.4, -0.2) is 42.6 Å². The minimum Gasteiger partial charge on any atom is -0.507 e. The highest BCUT2D eigenvalue weighted by Crippen LogP contribution is 2.17. The van der Waals surface area contributed by atoms with Crippen molar-refractivity contribution in [1.82, 2.24) is 16.0 Å². The second-order valence-electron chi connectivity index (χ2n) is 6.01. The van der Waals surface area contributed by atoms with Gasteiger partial charge in [0.25, 0.3) is 5.91 Å². The van der Waals surface area contributed by atoms with E-state index in [1.807, 2.05) is 6.92 Å². The van der Waals surface area contributed by atoms with E-state index in [2.05, 4.69) is 20.9 Å². The summed E-state index contributed by atoms with van der Waals surface area (Å²) in [6.07, 6.45) is 6.24. The number of aliphatic imine (C=N–C) groups is 1. The maximum atomic E-state index is 12.0. The number of hydrogen-bond donors (Lipinski definition) is 4. The first kappa shape index (κ1) is 18.1. The van der Waals surface area contributed by atoms with Gasteiger partial charge in [0.2, 0.25) is 0 Å². The van der Waals surface area contributed by atoms with Crippen molar-refractivity contribution in [2.24, 2.45) is 4.99 Å². The first-order valence-corrected chi connectivity index (χ1v) is 8.81. The number of benzene rings is 1. The zero-order valence-corrected chi connectivity index (χ0v) is 14.3. The Hall–Kier alpha value is -2.24. The number of carbonyl (C=O) groups is 1. The number of hydrogen-bond acceptors (Lipinski definition) is 3. The van der Waals surface area contributed by atoms with E-state index in [9.17, 15) is 9.90 Å². The molecule has 0 heterocycles. The van der Waals surface area contributed by atoms with Crippen LogP contribution in [0.15, 0.2) is 29.3 Å². The quantitative estimate of drug-likeness (QED) is 0.365. The third-order valence-corrected chi connectivity index (χ3v) is 4.11. The lowest BCUT2D eigenvalue weighted by Gasteiger charge is -2.24. The number of aromatic hydroxyl groups is 1. The predicted octanol–water partition coefficient (Wildman–Crippen LogP) is 2.01. The summed E-state index contributed by atoms with van der Waals surface area (Å²) in [4.78, 5) is 16.5. The lowest BCUT2D eigenvalue weighted by molar-refractivity contribution is 0.0952. The second-order valence-corrected chi connectivity index (χ2v) is 6.01. The molecule has 0 radical (unpaired) electrons. The van der Waals surface area contributed by atoms with Crippen LogP contribution in [-0.2, 0) is 0 Å². The molecule has 0 atom stereocenters. The first-order valence-electron chi connectivity index (χ1n) is 8.81. The van der Waals surface area contributed by atoms with Gasteiger partial charge in [-0.25, -0.2) is 0 Å². The average Bonchev–Trinajstić information content (AvgIpc) is 2.60. The topological polar surface area (TPSA) is 85.8 Å². The normalized spacial score (nSPS) is 15.8. The molecule has 24 heavy (non-hydrogen) atoms. The summed E-state index contributed by atoms with van der Waals surface area (Å²) in [5.74, 6) is 0.514. The highest BCUT2D eigenvalue weighted by molar-refractivity contribution is 5.96. The van der Waals surface area contributed by atoms with Crippen LogP contribution in [0.25, 0.3) is 0 Å². The van der Waals surface area contributed by atoms with Gasteiger partial charge in [-0.3, -0.25) is 9.79 Å². The molecule has 0 aliphatic heterocycles. The van der Waals surface area contributed by atoms with E-state index < -0.39 is 0 Å². The molecule has 4 N–H and O–H groups in total. The third-order valence-electron chi connectivity index (χ3n) is 4.11. The molecule has 6 nitrogen and oxygen atoms in total. The summed E-state index contributed by atoms with van der Waals surface area (Å²) in [5.41, 5.74) is 0.286. The molecule has 6 heteroatoms. The molecule has 0 unspecified atom stereocenters. The second kappa shape index (κ2) is 9.80. The van der Waals surface area contributed by atoms with Gasteiger partial charge in [0, 0.05) is 19.1 Å². The number of phenols is 1. The van der Waals surface area contributed by atoms with Crippen LogP contribution in [0.2, 0.25) is 0 Å². The number of nitrogens with one attached hydrogen (secondary N) is 3. The van der Waals surface area contributed by atoms with E-state index >= 15 is 0 Å². The SMILES string of the molecule is CCNC(=NCCNC(=O)c1ccccc1O)NC1CCCCC1. The molecular formula is C18H28N4O2. The summed E-state index contributed by atoms with van der Waals surface area (Å²) >= 11 is 0. The molecule has 2 rings (SSSR count). The van der Waals surface area contributed by atoms with Crippen LogP contribution in [0.1, 0.15) is 49.4 Å². The van der Waals surface area contributed by atoms with E-state index in [1.165, 1.54) is 38.2 Å². The van der Waals surface area contributed by atoms with Gasteiger partial charge in [-0.1, -0.05) is 31.4 Å². The van der Waals surface area contributed by atoms with Gasteiger partial charge in [-0.2, -0.15) is 0 Å². The maximum absolute atomic E-state index is 12.0. The van der Waals surface area contributed by atoms with Crippen LogP contribution < -0.4 is 16.0 Å². The zero-order valence-electron chi connectivity index (χ0n) is 14.3. The summed E-state index contributed by atoms with van der Waals surface area (Å²) in [7, 11) is 0. The molecule has 1 amide bonds. The lowest BCUT2D eigenvalue weighted by Crippen LogP contribution is -2.44. The van der Waals surface area contributed by atoms with Crippen LogP contribution in [0.4, 0.5) is 0 Å². The molecular weight excluding hydrogens is 304 g/mol. The summed E-state index contributed by atoms with van der Waals surface area (Å²) in [6, 6.07) is 7.01. The monoisotopic (exact) mass is 332 g/mol. The van der Waals surface area contributed by atoms with Crippen LogP contribution >= 0.6 is 0 Å². The van der Waals surface area contributed by atoms with Gasteiger partial charge < -0.3 is 21.1 Å². The zero-order chi connectivity index (χ0) is 17.2. The number of carbonyl (C=O) groups excluding carboxylic acids is 1. The Morgan fingerprint density at radius 2 is 1.96 bits per heavy atom. The van der Waals surface area contributed by atoms with Gasteiger partial charge in [0.15, 0.2) is 5.96 Å². The third kappa shape index (κ3) is 5.76. The lowest BCUT2D eigenvalue weighted by atomic mass is 9.96. The van der Waals surface area contributed by atoms with Gasteiger partial charge in [-0.15, -0.1) is 0 Å². The smallest absolute Gasteiger partial charge is 0.255 e. The van der Waals surface area contributed by atoms with E-state index in [-0.39, 0.29) is 17.2 Å². The maximum Gasteiger partial charge on any atom is 0.255 e. The molecule has 0 spiro atoms. The number of guanidine groups is 1. The van der Waals surface area contributed by atoms with Crippen molar-refractivity contribution in [3.63, 3.8) is 0 Å². The van der Waals surface area contributed by atoms with Crippen molar-refractivity contribution >= 4 is 11.9 Å². The minimum absolute atomic E-state index is 0.00851. The highest BCUT2D eigenvalue weighted by Gasteiger charge is 2.14. The number of amides is 1. The molecule has 132 valence electrons. The van der Waals surface area contributed by atoms with Crippen molar-refractivity contribution < 1.29 is 9.90 Å². The number of phenolic OH excluding ortho intramolecular Hbond substituents is 1. The molecule has 1 aliphatic carbocycles. The van der Waals surface area contributed by atoms with Gasteiger partial charge in [0.05, 0.1) is 12.1 Å². The van der Waals surface area contributed by atoms with Crippen molar-refractivity contribution in [1.29, 1.82) is 0 Å².